The van der Waals surface area contributed by atoms with Crippen LogP contribution in [0.1, 0.15) is 12.1 Å². The van der Waals surface area contributed by atoms with Crippen LogP contribution in [0.4, 0.5) is 11.4 Å². The molecular formula is C15H19N5O4S2. The summed E-state index contributed by atoms with van der Waals surface area (Å²) in [6, 6.07) is 3.81. The van der Waals surface area contributed by atoms with E-state index in [9.17, 15) is 18.5 Å². The largest absolute Gasteiger partial charge is 0.365 e. The van der Waals surface area contributed by atoms with Gasteiger partial charge < -0.3 is 4.90 Å². The average Bonchev–Trinajstić information content (AvgIpc) is 2.98. The van der Waals surface area contributed by atoms with Gasteiger partial charge in [0, 0.05) is 44.2 Å². The van der Waals surface area contributed by atoms with Crippen molar-refractivity contribution in [3.63, 3.8) is 0 Å². The van der Waals surface area contributed by atoms with Gasteiger partial charge in [-0.25, -0.2) is 18.5 Å². The highest BCUT2D eigenvalue weighted by atomic mass is 32.2. The highest BCUT2D eigenvalue weighted by molar-refractivity contribution is 7.89. The molecule has 0 bridgehead atoms. The molecular weight excluding hydrogens is 378 g/mol. The van der Waals surface area contributed by atoms with Gasteiger partial charge in [-0.05, 0) is 18.6 Å². The molecule has 0 aliphatic carbocycles. The summed E-state index contributed by atoms with van der Waals surface area (Å²) in [5, 5.41) is 18.5. The fourth-order valence-corrected chi connectivity index (χ4v) is 4.09. The van der Waals surface area contributed by atoms with Crippen LogP contribution in [-0.4, -0.2) is 49.4 Å². The second kappa shape index (κ2) is 7.66. The molecule has 3 rings (SSSR count). The topological polar surface area (TPSA) is 123 Å². The Bertz CT molecular complexity index is 885. The lowest BCUT2D eigenvalue weighted by Crippen LogP contribution is -2.31. The number of aromatic nitrogens is 1. The Labute approximate surface area is 155 Å². The molecule has 0 amide bonds. The SMILES string of the molecule is NS(=O)(=O)c1ccc(N2CCCN(Cc3cscn3)CC2)c([N+](=O)[O-])c1. The quantitative estimate of drug-likeness (QED) is 0.598. The molecule has 1 aromatic heterocycles. The summed E-state index contributed by atoms with van der Waals surface area (Å²) in [6.45, 7) is 3.63. The minimum Gasteiger partial charge on any atom is -0.365 e. The van der Waals surface area contributed by atoms with Crippen molar-refractivity contribution in [1.29, 1.82) is 0 Å². The number of rotatable bonds is 5. The zero-order valence-corrected chi connectivity index (χ0v) is 15.6. The van der Waals surface area contributed by atoms with E-state index in [1.54, 1.807) is 16.8 Å². The van der Waals surface area contributed by atoms with Gasteiger partial charge in [0.1, 0.15) is 5.69 Å². The van der Waals surface area contributed by atoms with Crippen LogP contribution >= 0.6 is 11.3 Å². The summed E-state index contributed by atoms with van der Waals surface area (Å²) in [5.41, 5.74) is 2.99. The van der Waals surface area contributed by atoms with E-state index in [2.05, 4.69) is 9.88 Å². The van der Waals surface area contributed by atoms with Crippen molar-refractivity contribution in [1.82, 2.24) is 9.88 Å². The molecule has 2 N–H and O–H groups in total. The highest BCUT2D eigenvalue weighted by Gasteiger charge is 2.24. The van der Waals surface area contributed by atoms with Crippen LogP contribution in [0.15, 0.2) is 34.0 Å². The van der Waals surface area contributed by atoms with Crippen molar-refractivity contribution in [3.05, 3.63) is 44.9 Å². The first-order valence-electron chi connectivity index (χ1n) is 8.00. The fraction of sp³-hybridized carbons (Fsp3) is 0.400. The zero-order valence-electron chi connectivity index (χ0n) is 13.9. The Morgan fingerprint density at radius 3 is 2.73 bits per heavy atom. The maximum absolute atomic E-state index is 11.5. The minimum atomic E-state index is -3.99. The zero-order chi connectivity index (χ0) is 18.7. The molecule has 1 aliphatic rings. The Morgan fingerprint density at radius 2 is 2.08 bits per heavy atom. The third-order valence-corrected chi connectivity index (χ3v) is 5.82. The number of nitro benzene ring substituents is 1. The second-order valence-corrected chi connectivity index (χ2v) is 8.33. The molecule has 11 heteroatoms. The number of anilines is 1. The monoisotopic (exact) mass is 397 g/mol. The number of nitrogens with zero attached hydrogens (tertiary/aromatic N) is 4. The molecule has 0 unspecified atom stereocenters. The lowest BCUT2D eigenvalue weighted by atomic mass is 10.2. The molecule has 0 radical (unpaired) electrons. The molecule has 2 aromatic rings. The molecule has 1 aliphatic heterocycles. The van der Waals surface area contributed by atoms with Gasteiger partial charge in [0.15, 0.2) is 0 Å². The predicted molar refractivity (Wildman–Crippen MR) is 98.7 cm³/mol. The maximum Gasteiger partial charge on any atom is 0.293 e. The number of nitrogens with two attached hydrogens (primary N) is 1. The minimum absolute atomic E-state index is 0.246. The van der Waals surface area contributed by atoms with Crippen LogP contribution in [0, 0.1) is 10.1 Å². The van der Waals surface area contributed by atoms with Crippen LogP contribution in [0.3, 0.4) is 0 Å². The molecule has 9 nitrogen and oxygen atoms in total. The molecule has 2 heterocycles. The van der Waals surface area contributed by atoms with Gasteiger partial charge in [-0.15, -0.1) is 11.3 Å². The summed E-state index contributed by atoms with van der Waals surface area (Å²) >= 11 is 1.56. The number of benzene rings is 1. The summed E-state index contributed by atoms with van der Waals surface area (Å²) < 4.78 is 22.9. The predicted octanol–water partition coefficient (Wildman–Crippen LogP) is 1.41. The molecule has 0 spiro atoms. The standard InChI is InChI=1S/C15H19N5O4S2/c16-26(23,24)13-2-3-14(15(8-13)20(21)22)19-5-1-4-18(6-7-19)9-12-10-25-11-17-12/h2-3,8,10-11H,1,4-7,9H2,(H2,16,23,24). The van der Waals surface area contributed by atoms with E-state index >= 15 is 0 Å². The molecule has 1 aromatic carbocycles. The third-order valence-electron chi connectivity index (χ3n) is 4.27. The Balaban J connectivity index is 1.79. The Hall–Kier alpha value is -2.08. The number of primary sulfonamides is 1. The Kier molecular flexibility index (Phi) is 5.51. The molecule has 1 saturated heterocycles. The van der Waals surface area contributed by atoms with Gasteiger partial charge >= 0.3 is 0 Å². The van der Waals surface area contributed by atoms with E-state index < -0.39 is 14.9 Å². The number of hydrogen-bond acceptors (Lipinski definition) is 8. The molecule has 0 saturated carbocycles. The van der Waals surface area contributed by atoms with E-state index in [0.29, 0.717) is 18.8 Å². The number of nitro groups is 1. The first-order chi connectivity index (χ1) is 12.3. The van der Waals surface area contributed by atoms with Crippen LogP contribution in [0.5, 0.6) is 0 Å². The first kappa shape index (κ1) is 18.7. The van der Waals surface area contributed by atoms with Crippen molar-refractivity contribution in [2.24, 2.45) is 5.14 Å². The van der Waals surface area contributed by atoms with Crippen molar-refractivity contribution in [3.8, 4) is 0 Å². The lowest BCUT2D eigenvalue weighted by Gasteiger charge is -2.23. The van der Waals surface area contributed by atoms with Crippen molar-refractivity contribution in [2.75, 3.05) is 31.1 Å². The summed E-state index contributed by atoms with van der Waals surface area (Å²) in [7, 11) is -3.99. The van der Waals surface area contributed by atoms with Crippen LogP contribution in [0.25, 0.3) is 0 Å². The van der Waals surface area contributed by atoms with Crippen LogP contribution < -0.4 is 10.0 Å². The van der Waals surface area contributed by atoms with E-state index in [1.165, 1.54) is 12.1 Å². The van der Waals surface area contributed by atoms with E-state index in [-0.39, 0.29) is 10.6 Å². The van der Waals surface area contributed by atoms with Gasteiger partial charge in [0.25, 0.3) is 5.69 Å². The van der Waals surface area contributed by atoms with Crippen LogP contribution in [-0.2, 0) is 16.6 Å². The van der Waals surface area contributed by atoms with Gasteiger partial charge in [0.2, 0.25) is 10.0 Å². The van der Waals surface area contributed by atoms with E-state index in [4.69, 9.17) is 5.14 Å². The Morgan fingerprint density at radius 1 is 1.27 bits per heavy atom. The van der Waals surface area contributed by atoms with Gasteiger partial charge in [-0.1, -0.05) is 0 Å². The normalized spacial score (nSPS) is 16.4. The second-order valence-electron chi connectivity index (χ2n) is 6.05. The molecule has 1 fully saturated rings. The van der Waals surface area contributed by atoms with Crippen molar-refractivity contribution < 1.29 is 13.3 Å². The fourth-order valence-electron chi connectivity index (χ4n) is 3.01. The summed E-state index contributed by atoms with van der Waals surface area (Å²) in [5.74, 6) is 0. The van der Waals surface area contributed by atoms with E-state index in [1.807, 2.05) is 10.3 Å². The smallest absolute Gasteiger partial charge is 0.293 e. The first-order valence-corrected chi connectivity index (χ1v) is 10.5. The van der Waals surface area contributed by atoms with Crippen molar-refractivity contribution in [2.45, 2.75) is 17.9 Å². The molecule has 140 valence electrons. The van der Waals surface area contributed by atoms with Crippen LogP contribution in [0.2, 0.25) is 0 Å². The molecule has 26 heavy (non-hydrogen) atoms. The van der Waals surface area contributed by atoms with E-state index in [0.717, 1.165) is 37.8 Å². The third kappa shape index (κ3) is 4.36. The number of thiazole rings is 1. The van der Waals surface area contributed by atoms with Crippen molar-refractivity contribution >= 4 is 32.7 Å². The van der Waals surface area contributed by atoms with Gasteiger partial charge in [0.05, 0.1) is 21.0 Å². The average molecular weight is 397 g/mol. The van der Waals surface area contributed by atoms with Gasteiger partial charge in [-0.3, -0.25) is 15.0 Å². The lowest BCUT2D eigenvalue weighted by molar-refractivity contribution is -0.384. The molecule has 0 atom stereocenters. The van der Waals surface area contributed by atoms with Gasteiger partial charge in [-0.2, -0.15) is 0 Å². The summed E-state index contributed by atoms with van der Waals surface area (Å²) in [6.07, 6.45) is 0.845. The summed E-state index contributed by atoms with van der Waals surface area (Å²) in [4.78, 5) is 19.1. The number of sulfonamides is 1. The number of hydrogen-bond donors (Lipinski definition) is 1. The maximum atomic E-state index is 11.5. The highest BCUT2D eigenvalue weighted by Crippen LogP contribution is 2.31.